The number of nitrogens with one attached hydrogen (secondary N) is 1. The van der Waals surface area contributed by atoms with Crippen LogP contribution in [-0.2, 0) is 17.9 Å². The molecule has 0 aliphatic carbocycles. The normalized spacial score (nSPS) is 20.1. The number of carbonyl (C=O) groups excluding carboxylic acids is 2. The van der Waals surface area contributed by atoms with Crippen LogP contribution in [0.4, 0.5) is 10.1 Å². The number of piperidine rings is 1. The van der Waals surface area contributed by atoms with Crippen molar-refractivity contribution in [3.63, 3.8) is 0 Å². The zero-order chi connectivity index (χ0) is 28.5. The van der Waals surface area contributed by atoms with E-state index in [9.17, 15) is 14.0 Å². The van der Waals surface area contributed by atoms with Gasteiger partial charge in [-0.2, -0.15) is 0 Å². The summed E-state index contributed by atoms with van der Waals surface area (Å²) in [6, 6.07) is 15.4. The standard InChI is InChI=1S/C32H34FN5O3/c1-21-6-11-29(31(39)35-21)38-19-26-25(32(38)40)4-3-5-30(26)41-20-23-7-9-24(10-8-23)22(2)36-14-16-37(17-15-36)28-12-13-34-18-27(28)33/h3-5,7-10,12-13,18,22,29H,1,6,11,14-17,19-20H2,2H3,(H,35,39)/t22-,29+/m1/s1. The smallest absolute Gasteiger partial charge is 0.255 e. The van der Waals surface area contributed by atoms with Gasteiger partial charge in [0.2, 0.25) is 5.91 Å². The highest BCUT2D eigenvalue weighted by atomic mass is 19.1. The maximum atomic E-state index is 14.1. The van der Waals surface area contributed by atoms with Gasteiger partial charge in [0.05, 0.1) is 18.4 Å². The summed E-state index contributed by atoms with van der Waals surface area (Å²) in [4.78, 5) is 35.6. The summed E-state index contributed by atoms with van der Waals surface area (Å²) in [7, 11) is 0. The Hall–Kier alpha value is -4.24. The SMILES string of the molecule is C=C1CC[C@H](N2Cc3c(OCc4ccc([C@@H](C)N5CCN(c6ccncc6F)CC5)cc4)cccc3C2=O)C(=O)N1. The van der Waals surface area contributed by atoms with Crippen LogP contribution < -0.4 is 15.0 Å². The largest absolute Gasteiger partial charge is 0.489 e. The van der Waals surface area contributed by atoms with E-state index >= 15 is 0 Å². The van der Waals surface area contributed by atoms with Crippen molar-refractivity contribution >= 4 is 17.5 Å². The number of piperazine rings is 1. The lowest BCUT2D eigenvalue weighted by Crippen LogP contribution is -2.49. The lowest BCUT2D eigenvalue weighted by atomic mass is 10.0. The fraction of sp³-hybridized carbons (Fsp3) is 0.344. The van der Waals surface area contributed by atoms with Crippen molar-refractivity contribution in [2.24, 2.45) is 0 Å². The van der Waals surface area contributed by atoms with Crippen molar-refractivity contribution < 1.29 is 18.7 Å². The Kier molecular flexibility index (Phi) is 7.45. The number of benzene rings is 2. The van der Waals surface area contributed by atoms with E-state index in [-0.39, 0.29) is 23.7 Å². The number of ether oxygens (including phenoxy) is 1. The van der Waals surface area contributed by atoms with E-state index in [1.54, 1.807) is 23.2 Å². The maximum absolute atomic E-state index is 14.1. The van der Waals surface area contributed by atoms with E-state index in [2.05, 4.69) is 57.9 Å². The van der Waals surface area contributed by atoms with E-state index in [1.165, 1.54) is 11.8 Å². The topological polar surface area (TPSA) is 78.0 Å². The lowest BCUT2D eigenvalue weighted by Gasteiger charge is -2.39. The average molecular weight is 556 g/mol. The minimum Gasteiger partial charge on any atom is -0.489 e. The van der Waals surface area contributed by atoms with Crippen LogP contribution in [0.15, 0.2) is 73.2 Å². The van der Waals surface area contributed by atoms with Crippen molar-refractivity contribution in [3.05, 3.63) is 101 Å². The molecule has 212 valence electrons. The van der Waals surface area contributed by atoms with Crippen LogP contribution in [0.2, 0.25) is 0 Å². The number of halogens is 1. The quantitative estimate of drug-likeness (QED) is 0.465. The molecule has 3 aromatic rings. The second-order valence-electron chi connectivity index (χ2n) is 10.9. The highest BCUT2D eigenvalue weighted by Crippen LogP contribution is 2.34. The van der Waals surface area contributed by atoms with Gasteiger partial charge in [0.15, 0.2) is 5.82 Å². The molecule has 2 fully saturated rings. The van der Waals surface area contributed by atoms with Gasteiger partial charge in [-0.3, -0.25) is 19.5 Å². The fourth-order valence-electron chi connectivity index (χ4n) is 6.01. The molecule has 0 unspecified atom stereocenters. The van der Waals surface area contributed by atoms with Gasteiger partial charge in [-0.15, -0.1) is 0 Å². The van der Waals surface area contributed by atoms with Gasteiger partial charge < -0.3 is 19.9 Å². The molecule has 0 bridgehead atoms. The Balaban J connectivity index is 1.06. The van der Waals surface area contributed by atoms with Crippen LogP contribution in [0.25, 0.3) is 0 Å². The second-order valence-corrected chi connectivity index (χ2v) is 10.9. The lowest BCUT2D eigenvalue weighted by molar-refractivity contribution is -0.126. The summed E-state index contributed by atoms with van der Waals surface area (Å²) in [6.45, 7) is 9.98. The van der Waals surface area contributed by atoms with Crippen LogP contribution in [-0.4, -0.2) is 58.8 Å². The van der Waals surface area contributed by atoms with Gasteiger partial charge in [0.25, 0.3) is 5.91 Å². The number of pyridine rings is 1. The second kappa shape index (κ2) is 11.3. The fourth-order valence-corrected chi connectivity index (χ4v) is 6.01. The number of carbonyl (C=O) groups is 2. The van der Waals surface area contributed by atoms with Crippen LogP contribution in [0.5, 0.6) is 5.75 Å². The Morgan fingerprint density at radius 3 is 2.61 bits per heavy atom. The van der Waals surface area contributed by atoms with Crippen molar-refractivity contribution in [2.45, 2.75) is 45.0 Å². The monoisotopic (exact) mass is 555 g/mol. The van der Waals surface area contributed by atoms with Gasteiger partial charge in [0.1, 0.15) is 18.4 Å². The average Bonchev–Trinajstić information content (AvgIpc) is 3.33. The highest BCUT2D eigenvalue weighted by molar-refractivity contribution is 6.02. The van der Waals surface area contributed by atoms with Gasteiger partial charge in [-0.25, -0.2) is 4.39 Å². The number of amides is 2. The molecule has 1 N–H and O–H groups in total. The van der Waals surface area contributed by atoms with E-state index < -0.39 is 6.04 Å². The first kappa shape index (κ1) is 27.0. The molecule has 9 heteroatoms. The van der Waals surface area contributed by atoms with Crippen LogP contribution in [0.1, 0.15) is 52.9 Å². The zero-order valence-corrected chi connectivity index (χ0v) is 23.2. The number of hydrogen-bond donors (Lipinski definition) is 1. The predicted octanol–water partition coefficient (Wildman–Crippen LogP) is 4.43. The molecular weight excluding hydrogens is 521 g/mol. The van der Waals surface area contributed by atoms with Crippen molar-refractivity contribution in [1.29, 1.82) is 0 Å². The number of nitrogens with zero attached hydrogens (tertiary/aromatic N) is 4. The Morgan fingerprint density at radius 2 is 1.88 bits per heavy atom. The molecule has 2 aromatic carbocycles. The van der Waals surface area contributed by atoms with Crippen LogP contribution in [0.3, 0.4) is 0 Å². The molecular formula is C32H34FN5O3. The van der Waals surface area contributed by atoms with Gasteiger partial charge in [-0.05, 0) is 49.1 Å². The number of aromatic nitrogens is 1. The van der Waals surface area contributed by atoms with Gasteiger partial charge in [0, 0.05) is 55.2 Å². The molecule has 3 aliphatic heterocycles. The minimum absolute atomic E-state index is 0.136. The molecule has 4 heterocycles. The molecule has 2 saturated heterocycles. The van der Waals surface area contributed by atoms with Crippen molar-refractivity contribution in [3.8, 4) is 5.75 Å². The maximum Gasteiger partial charge on any atom is 0.255 e. The van der Waals surface area contributed by atoms with Crippen molar-refractivity contribution in [1.82, 2.24) is 20.1 Å². The minimum atomic E-state index is -0.498. The van der Waals surface area contributed by atoms with E-state index in [0.29, 0.717) is 48.7 Å². The number of fused-ring (bicyclic) bond motifs is 1. The first-order chi connectivity index (χ1) is 19.9. The highest BCUT2D eigenvalue weighted by Gasteiger charge is 2.39. The van der Waals surface area contributed by atoms with Gasteiger partial charge >= 0.3 is 0 Å². The zero-order valence-electron chi connectivity index (χ0n) is 23.2. The third-order valence-electron chi connectivity index (χ3n) is 8.46. The predicted molar refractivity (Wildman–Crippen MR) is 154 cm³/mol. The molecule has 0 saturated carbocycles. The summed E-state index contributed by atoms with van der Waals surface area (Å²) in [5.41, 5.74) is 4.97. The molecule has 2 amide bonds. The third kappa shape index (κ3) is 5.41. The summed E-state index contributed by atoms with van der Waals surface area (Å²) >= 11 is 0. The third-order valence-corrected chi connectivity index (χ3v) is 8.46. The summed E-state index contributed by atoms with van der Waals surface area (Å²) in [5.74, 6) is 0.0752. The van der Waals surface area contributed by atoms with E-state index in [1.807, 2.05) is 12.1 Å². The summed E-state index contributed by atoms with van der Waals surface area (Å²) in [6.07, 6.45) is 4.14. The first-order valence-corrected chi connectivity index (χ1v) is 14.1. The number of rotatable bonds is 7. The summed E-state index contributed by atoms with van der Waals surface area (Å²) in [5, 5.41) is 2.78. The molecule has 0 radical (unpaired) electrons. The molecule has 3 aliphatic rings. The number of allylic oxidation sites excluding steroid dienone is 1. The molecule has 41 heavy (non-hydrogen) atoms. The first-order valence-electron chi connectivity index (χ1n) is 14.1. The Morgan fingerprint density at radius 1 is 1.10 bits per heavy atom. The Bertz CT molecular complexity index is 1470. The molecule has 6 rings (SSSR count). The van der Waals surface area contributed by atoms with Crippen LogP contribution in [0, 0.1) is 5.82 Å². The number of hydrogen-bond acceptors (Lipinski definition) is 6. The van der Waals surface area contributed by atoms with Crippen molar-refractivity contribution in [2.75, 3.05) is 31.1 Å². The molecule has 2 atom stereocenters. The van der Waals surface area contributed by atoms with E-state index in [0.717, 1.165) is 37.3 Å². The molecule has 1 aromatic heterocycles. The van der Waals surface area contributed by atoms with Gasteiger partial charge in [-0.1, -0.05) is 36.9 Å². The van der Waals surface area contributed by atoms with E-state index in [4.69, 9.17) is 4.74 Å². The van der Waals surface area contributed by atoms with Crippen LogP contribution >= 0.6 is 0 Å². The molecule has 0 spiro atoms. The number of anilines is 1. The Labute approximate surface area is 239 Å². The summed E-state index contributed by atoms with van der Waals surface area (Å²) < 4.78 is 20.3. The molecule has 8 nitrogen and oxygen atoms in total.